The van der Waals surface area contributed by atoms with Crippen molar-refractivity contribution in [1.29, 1.82) is 0 Å². The number of carbonyl (C=O) groups excluding carboxylic acids is 1. The lowest BCUT2D eigenvalue weighted by Crippen LogP contribution is -2.48. The Hall–Kier alpha value is -2.20. The first kappa shape index (κ1) is 19.6. The van der Waals surface area contributed by atoms with E-state index in [0.717, 1.165) is 0 Å². The van der Waals surface area contributed by atoms with Crippen LogP contribution in [0.2, 0.25) is 5.02 Å². The average Bonchev–Trinajstić information content (AvgIpc) is 2.64. The van der Waals surface area contributed by atoms with Crippen molar-refractivity contribution in [2.24, 2.45) is 0 Å². The number of ether oxygens (including phenoxy) is 1. The summed E-state index contributed by atoms with van der Waals surface area (Å²) in [5.41, 5.74) is 0.0408. The van der Waals surface area contributed by atoms with E-state index in [1.165, 1.54) is 11.8 Å². The highest BCUT2D eigenvalue weighted by Gasteiger charge is 2.25. The molecule has 11 heteroatoms. The second-order valence-electron chi connectivity index (χ2n) is 5.88. The van der Waals surface area contributed by atoms with Crippen molar-refractivity contribution < 1.29 is 23.8 Å². The van der Waals surface area contributed by atoms with Crippen LogP contribution in [0.1, 0.15) is 12.7 Å². The van der Waals surface area contributed by atoms with E-state index >= 15 is 0 Å². The Morgan fingerprint density at radius 2 is 2.00 bits per heavy atom. The summed E-state index contributed by atoms with van der Waals surface area (Å²) >= 11 is 9.19. The number of rotatable bonds is 3. The SMILES string of the molecule is CC(=O)OCc1nc(N2CCN(C(=O)O)CC2)c2cc(Cl)c(Br)c(F)c2n1. The van der Waals surface area contributed by atoms with Crippen molar-refractivity contribution in [3.05, 3.63) is 27.2 Å². The van der Waals surface area contributed by atoms with E-state index < -0.39 is 17.9 Å². The Labute approximate surface area is 167 Å². The molecule has 27 heavy (non-hydrogen) atoms. The topological polar surface area (TPSA) is 95.9 Å². The molecule has 1 amide bonds. The number of benzene rings is 1. The van der Waals surface area contributed by atoms with Gasteiger partial charge < -0.3 is 19.6 Å². The van der Waals surface area contributed by atoms with Gasteiger partial charge in [0.1, 0.15) is 11.3 Å². The highest BCUT2D eigenvalue weighted by Crippen LogP contribution is 2.35. The van der Waals surface area contributed by atoms with E-state index in [2.05, 4.69) is 25.9 Å². The summed E-state index contributed by atoms with van der Waals surface area (Å²) < 4.78 is 19.7. The molecule has 1 N–H and O–H groups in total. The number of piperazine rings is 1. The highest BCUT2D eigenvalue weighted by molar-refractivity contribution is 9.10. The van der Waals surface area contributed by atoms with Crippen molar-refractivity contribution >= 4 is 56.3 Å². The Kier molecular flexibility index (Phi) is 5.66. The van der Waals surface area contributed by atoms with Crippen LogP contribution < -0.4 is 4.90 Å². The summed E-state index contributed by atoms with van der Waals surface area (Å²) in [5, 5.41) is 9.66. The minimum atomic E-state index is -0.990. The van der Waals surface area contributed by atoms with Crippen LogP contribution in [-0.2, 0) is 16.1 Å². The Balaban J connectivity index is 2.06. The molecule has 0 aliphatic carbocycles. The van der Waals surface area contributed by atoms with Gasteiger partial charge in [-0.15, -0.1) is 0 Å². The maximum atomic E-state index is 14.7. The van der Waals surface area contributed by atoms with Gasteiger partial charge in [0.15, 0.2) is 18.2 Å². The van der Waals surface area contributed by atoms with Gasteiger partial charge in [0.05, 0.1) is 9.50 Å². The van der Waals surface area contributed by atoms with Gasteiger partial charge in [-0.3, -0.25) is 4.79 Å². The van der Waals surface area contributed by atoms with Crippen molar-refractivity contribution in [1.82, 2.24) is 14.9 Å². The first-order valence-electron chi connectivity index (χ1n) is 7.98. The molecule has 0 saturated carbocycles. The van der Waals surface area contributed by atoms with Crippen LogP contribution in [0.15, 0.2) is 10.5 Å². The first-order valence-corrected chi connectivity index (χ1v) is 9.15. The number of hydrogen-bond acceptors (Lipinski definition) is 6. The number of hydrogen-bond donors (Lipinski definition) is 1. The smallest absolute Gasteiger partial charge is 0.407 e. The number of aromatic nitrogens is 2. The fraction of sp³-hybridized carbons (Fsp3) is 0.375. The monoisotopic (exact) mass is 460 g/mol. The van der Waals surface area contributed by atoms with Crippen LogP contribution in [0.25, 0.3) is 10.9 Å². The van der Waals surface area contributed by atoms with Crippen molar-refractivity contribution in [2.45, 2.75) is 13.5 Å². The van der Waals surface area contributed by atoms with E-state index in [4.69, 9.17) is 21.4 Å². The second kappa shape index (κ2) is 7.81. The maximum Gasteiger partial charge on any atom is 0.407 e. The molecule has 1 saturated heterocycles. The maximum absolute atomic E-state index is 14.7. The van der Waals surface area contributed by atoms with E-state index in [-0.39, 0.29) is 40.5 Å². The molecule has 2 heterocycles. The number of amides is 1. The minimum Gasteiger partial charge on any atom is -0.465 e. The third-order valence-electron chi connectivity index (χ3n) is 4.11. The molecule has 2 aromatic rings. The lowest BCUT2D eigenvalue weighted by Gasteiger charge is -2.34. The van der Waals surface area contributed by atoms with Gasteiger partial charge in [0, 0.05) is 38.5 Å². The number of anilines is 1. The molecule has 144 valence electrons. The Morgan fingerprint density at radius 1 is 1.33 bits per heavy atom. The average molecular weight is 462 g/mol. The minimum absolute atomic E-state index is 0.0408. The molecule has 0 bridgehead atoms. The lowest BCUT2D eigenvalue weighted by atomic mass is 10.2. The zero-order valence-electron chi connectivity index (χ0n) is 14.2. The third-order valence-corrected chi connectivity index (χ3v) is 5.41. The second-order valence-corrected chi connectivity index (χ2v) is 7.08. The fourth-order valence-corrected chi connectivity index (χ4v) is 3.28. The van der Waals surface area contributed by atoms with Gasteiger partial charge in [-0.2, -0.15) is 0 Å². The van der Waals surface area contributed by atoms with Gasteiger partial charge in [0.25, 0.3) is 0 Å². The highest BCUT2D eigenvalue weighted by atomic mass is 79.9. The quantitative estimate of drug-likeness (QED) is 0.554. The number of esters is 1. The molecule has 8 nitrogen and oxygen atoms in total. The molecule has 1 aliphatic rings. The van der Waals surface area contributed by atoms with Gasteiger partial charge in [-0.1, -0.05) is 11.6 Å². The number of carboxylic acid groups (broad SMARTS) is 1. The Bertz CT molecular complexity index is 921. The molecule has 0 spiro atoms. The van der Waals surface area contributed by atoms with Crippen molar-refractivity contribution in [3.8, 4) is 0 Å². The standard InChI is InChI=1S/C16H15BrClFN4O4/c1-8(24)27-7-11-20-14-9(6-10(18)12(17)13(14)19)15(21-11)22-2-4-23(5-3-22)16(25)26/h6H,2-5,7H2,1H3,(H,25,26). The van der Waals surface area contributed by atoms with Crippen molar-refractivity contribution in [3.63, 3.8) is 0 Å². The summed E-state index contributed by atoms with van der Waals surface area (Å²) in [7, 11) is 0. The van der Waals surface area contributed by atoms with Crippen LogP contribution in [0, 0.1) is 5.82 Å². The molecule has 1 aliphatic heterocycles. The molecule has 0 atom stereocenters. The first-order chi connectivity index (χ1) is 12.8. The molecule has 1 aromatic carbocycles. The largest absolute Gasteiger partial charge is 0.465 e. The van der Waals surface area contributed by atoms with Crippen LogP contribution in [0.4, 0.5) is 15.0 Å². The third kappa shape index (κ3) is 4.06. The molecule has 3 rings (SSSR count). The van der Waals surface area contributed by atoms with E-state index in [9.17, 15) is 14.0 Å². The predicted molar refractivity (Wildman–Crippen MR) is 99.5 cm³/mol. The van der Waals surface area contributed by atoms with Crippen LogP contribution in [0.3, 0.4) is 0 Å². The van der Waals surface area contributed by atoms with Crippen LogP contribution in [-0.4, -0.2) is 58.2 Å². The number of nitrogens with zero attached hydrogens (tertiary/aromatic N) is 4. The molecular formula is C16H15BrClFN4O4. The predicted octanol–water partition coefficient (Wildman–Crippen LogP) is 3.05. The summed E-state index contributed by atoms with van der Waals surface area (Å²) in [4.78, 5) is 33.9. The van der Waals surface area contributed by atoms with Crippen molar-refractivity contribution in [2.75, 3.05) is 31.1 Å². The Morgan fingerprint density at radius 3 is 2.59 bits per heavy atom. The summed E-state index contributed by atoms with van der Waals surface area (Å²) in [6.45, 7) is 2.37. The van der Waals surface area contributed by atoms with Gasteiger partial charge in [-0.05, 0) is 22.0 Å². The molecule has 1 aromatic heterocycles. The van der Waals surface area contributed by atoms with Gasteiger partial charge >= 0.3 is 12.1 Å². The zero-order valence-corrected chi connectivity index (χ0v) is 16.5. The summed E-state index contributed by atoms with van der Waals surface area (Å²) in [5.74, 6) is -0.593. The molecule has 0 radical (unpaired) electrons. The molecule has 1 fully saturated rings. The van der Waals surface area contributed by atoms with E-state index in [0.29, 0.717) is 24.3 Å². The normalized spacial score (nSPS) is 14.5. The van der Waals surface area contributed by atoms with E-state index in [1.807, 2.05) is 4.90 Å². The molecule has 0 unspecified atom stereocenters. The van der Waals surface area contributed by atoms with Crippen LogP contribution in [0.5, 0.6) is 0 Å². The number of fused-ring (bicyclic) bond motifs is 1. The van der Waals surface area contributed by atoms with Gasteiger partial charge in [-0.25, -0.2) is 19.2 Å². The lowest BCUT2D eigenvalue weighted by molar-refractivity contribution is -0.142. The summed E-state index contributed by atoms with van der Waals surface area (Å²) in [6, 6.07) is 1.55. The van der Waals surface area contributed by atoms with E-state index in [1.54, 1.807) is 6.07 Å². The number of carbonyl (C=O) groups is 2. The molecular weight excluding hydrogens is 447 g/mol. The fourth-order valence-electron chi connectivity index (χ4n) is 2.78. The summed E-state index contributed by atoms with van der Waals surface area (Å²) in [6.07, 6.45) is -0.990. The zero-order chi connectivity index (χ0) is 19.7. The van der Waals surface area contributed by atoms with Crippen LogP contribution >= 0.6 is 27.5 Å². The number of halogens is 3. The van der Waals surface area contributed by atoms with Gasteiger partial charge in [0.2, 0.25) is 0 Å².